The number of nitrogens with one attached hydrogen (secondary N) is 1. The number of fused-ring (bicyclic) bond motifs is 2. The molecule has 0 spiro atoms. The molecule has 340 valence electrons. The van der Waals surface area contributed by atoms with E-state index >= 15 is 0 Å². The maximum Gasteiger partial charge on any atom is 0.417 e. The zero-order valence-electron chi connectivity index (χ0n) is 35.1. The second-order valence-electron chi connectivity index (χ2n) is 14.9. The normalized spacial score (nSPS) is 17.8. The zero-order valence-corrected chi connectivity index (χ0v) is 35.1. The van der Waals surface area contributed by atoms with Crippen LogP contribution in [0.4, 0.5) is 36.8 Å². The molecule has 1 N–H and O–H groups in total. The van der Waals surface area contributed by atoms with Gasteiger partial charge >= 0.3 is 30.4 Å². The molecule has 0 aromatic heterocycles. The van der Waals surface area contributed by atoms with Gasteiger partial charge in [-0.15, -0.1) is 0 Å². The predicted molar refractivity (Wildman–Crippen MR) is 220 cm³/mol. The van der Waals surface area contributed by atoms with Crippen LogP contribution in [-0.2, 0) is 60.4 Å². The predicted octanol–water partition coefficient (Wildman–Crippen LogP) is 8.97. The molecule has 0 bridgehead atoms. The molecule has 5 aromatic carbocycles. The van der Waals surface area contributed by atoms with Crippen molar-refractivity contribution in [1.29, 1.82) is 0 Å². The Morgan fingerprint density at radius 1 is 0.677 bits per heavy atom. The van der Waals surface area contributed by atoms with Crippen molar-refractivity contribution in [1.82, 2.24) is 5.32 Å². The van der Waals surface area contributed by atoms with Gasteiger partial charge < -0.3 is 33.9 Å². The van der Waals surface area contributed by atoms with Crippen molar-refractivity contribution < 1.29 is 74.0 Å². The minimum Gasteiger partial charge on any atom is -0.475 e. The Bertz CT molecular complexity index is 2590. The summed E-state index contributed by atoms with van der Waals surface area (Å²) in [5.41, 5.74) is -5.04. The van der Waals surface area contributed by atoms with Crippen molar-refractivity contribution in [3.05, 3.63) is 160 Å². The van der Waals surface area contributed by atoms with E-state index < -0.39 is 69.7 Å². The van der Waals surface area contributed by atoms with Gasteiger partial charge in [0.1, 0.15) is 18.1 Å². The molecule has 0 unspecified atom stereocenters. The number of methoxy groups -OCH3 is 2. The van der Waals surface area contributed by atoms with Crippen LogP contribution in [0.25, 0.3) is 0 Å². The average molecular weight is 907 g/mol. The fourth-order valence-corrected chi connectivity index (χ4v) is 7.18. The first kappa shape index (κ1) is 47.1. The fourth-order valence-electron chi connectivity index (χ4n) is 7.18. The van der Waals surface area contributed by atoms with E-state index in [1.165, 1.54) is 18.7 Å². The molecule has 7 rings (SSSR count). The Morgan fingerprint density at radius 3 is 1.68 bits per heavy atom. The number of rotatable bonds is 9. The molecule has 18 heteroatoms. The van der Waals surface area contributed by atoms with Crippen LogP contribution >= 0.6 is 0 Å². The van der Waals surface area contributed by atoms with Crippen LogP contribution < -0.4 is 19.7 Å². The standard InChI is InChI=1S/C28H25F3N2O6.C19H15F3O4/c1-27(19-11-7-4-8-12-19)25(35)33(14-13-32-26(36)38-17-18-9-5-3-6-10-18)22-15-20(24(34)37-2)21(28(29,30)31)16-23(22)39-27;1-18(12-6-4-3-5-7-12)16(23)9-11-8-13(17(24)25-2)14(19(20,21)22)10-15(11)26-18/h3-12,15-16H,13-14,17H2,1-2H3,(H,32,36);3-8,10H,9H2,1-2H3/t27-;18-/m00/s1. The minimum absolute atomic E-state index is 0.0285. The summed E-state index contributed by atoms with van der Waals surface area (Å²) >= 11 is 0. The van der Waals surface area contributed by atoms with Crippen LogP contribution in [0, 0.1) is 0 Å². The fraction of sp³-hybridized carbons (Fsp3) is 0.255. The number of alkyl carbamates (subject to hydrolysis) is 1. The number of ether oxygens (including phenoxy) is 5. The first-order valence-corrected chi connectivity index (χ1v) is 19.7. The SMILES string of the molecule is COC(=O)c1cc2c(cc1C(F)(F)F)O[C@@](C)(c1ccccc1)C(=O)C2.COC(=O)c1cc2c(cc1C(F)(F)F)O[C@@](C)(c1ccccc1)C(=O)N2CCNC(=O)OCc1ccccc1. The molecule has 12 nitrogen and oxygen atoms in total. The number of esters is 2. The van der Waals surface area contributed by atoms with Crippen molar-refractivity contribution in [2.24, 2.45) is 0 Å². The number of hydrogen-bond acceptors (Lipinski definition) is 10. The molecule has 0 radical (unpaired) electrons. The average Bonchev–Trinajstić information content (AvgIpc) is 3.29. The van der Waals surface area contributed by atoms with Crippen LogP contribution in [0.2, 0.25) is 0 Å². The van der Waals surface area contributed by atoms with Crippen molar-refractivity contribution in [2.45, 2.75) is 50.4 Å². The van der Waals surface area contributed by atoms with Crippen molar-refractivity contribution >= 4 is 35.4 Å². The Hall–Kier alpha value is -7.37. The van der Waals surface area contributed by atoms with Gasteiger partial charge in [0.15, 0.2) is 11.4 Å². The van der Waals surface area contributed by atoms with Gasteiger partial charge in [-0.3, -0.25) is 9.59 Å². The highest BCUT2D eigenvalue weighted by Gasteiger charge is 2.48. The summed E-state index contributed by atoms with van der Waals surface area (Å²) < 4.78 is 108. The van der Waals surface area contributed by atoms with Gasteiger partial charge in [0.25, 0.3) is 5.91 Å². The highest BCUT2D eigenvalue weighted by molar-refractivity contribution is 6.05. The minimum atomic E-state index is -4.90. The van der Waals surface area contributed by atoms with Crippen LogP contribution in [0.1, 0.15) is 67.9 Å². The van der Waals surface area contributed by atoms with E-state index in [0.29, 0.717) is 17.2 Å². The van der Waals surface area contributed by atoms with E-state index in [0.717, 1.165) is 38.0 Å². The summed E-state index contributed by atoms with van der Waals surface area (Å²) in [5.74, 6) is -3.59. The molecule has 0 saturated heterocycles. The summed E-state index contributed by atoms with van der Waals surface area (Å²) in [4.78, 5) is 63.8. The molecule has 0 fully saturated rings. The highest BCUT2D eigenvalue weighted by atomic mass is 19.4. The first-order valence-electron chi connectivity index (χ1n) is 19.7. The molecular formula is C47H40F6N2O10. The van der Waals surface area contributed by atoms with Gasteiger partial charge in [-0.2, -0.15) is 26.3 Å². The van der Waals surface area contributed by atoms with Crippen molar-refractivity contribution in [3.63, 3.8) is 0 Å². The van der Waals surface area contributed by atoms with E-state index in [-0.39, 0.29) is 54.7 Å². The van der Waals surface area contributed by atoms with Gasteiger partial charge in [-0.1, -0.05) is 91.0 Å². The summed E-state index contributed by atoms with van der Waals surface area (Å²) in [5, 5.41) is 2.54. The largest absolute Gasteiger partial charge is 0.475 e. The molecule has 5 aromatic rings. The lowest BCUT2D eigenvalue weighted by atomic mass is 9.84. The number of Topliss-reactive ketones (excluding diaryl/α,β-unsaturated/α-hetero) is 1. The maximum atomic E-state index is 13.9. The topological polar surface area (TPSA) is 147 Å². The first-order chi connectivity index (χ1) is 30.7. The van der Waals surface area contributed by atoms with Crippen molar-refractivity contribution in [2.75, 3.05) is 32.2 Å². The Balaban J connectivity index is 0.000000233. The van der Waals surface area contributed by atoms with E-state index in [1.54, 1.807) is 84.9 Å². The van der Waals surface area contributed by atoms with Crippen LogP contribution in [-0.4, -0.2) is 57.0 Å². The van der Waals surface area contributed by atoms with Gasteiger partial charge in [-0.25, -0.2) is 14.4 Å². The summed E-state index contributed by atoms with van der Waals surface area (Å²) in [7, 11) is 1.95. The number of halogens is 6. The van der Waals surface area contributed by atoms with Crippen LogP contribution in [0.15, 0.2) is 115 Å². The zero-order chi connectivity index (χ0) is 47.3. The molecular weight excluding hydrogens is 867 g/mol. The second-order valence-corrected chi connectivity index (χ2v) is 14.9. The monoisotopic (exact) mass is 906 g/mol. The van der Waals surface area contributed by atoms with Crippen molar-refractivity contribution in [3.8, 4) is 11.5 Å². The summed E-state index contributed by atoms with van der Waals surface area (Å²) in [6.45, 7) is 2.75. The number of benzene rings is 5. The molecule has 2 aliphatic heterocycles. The Labute approximate surface area is 368 Å². The Kier molecular flexibility index (Phi) is 13.6. The molecule has 0 saturated carbocycles. The number of anilines is 1. The van der Waals surface area contributed by atoms with Crippen LogP contribution in [0.5, 0.6) is 11.5 Å². The summed E-state index contributed by atoms with van der Waals surface area (Å²) in [6, 6.07) is 29.2. The number of carbonyl (C=O) groups is 5. The van der Waals surface area contributed by atoms with E-state index in [4.69, 9.17) is 14.2 Å². The smallest absolute Gasteiger partial charge is 0.417 e. The lowest BCUT2D eigenvalue weighted by molar-refractivity contribution is -0.140. The number of nitrogens with zero attached hydrogens (tertiary/aromatic N) is 1. The highest BCUT2D eigenvalue weighted by Crippen LogP contribution is 2.47. The van der Waals surface area contributed by atoms with Crippen LogP contribution in [0.3, 0.4) is 0 Å². The summed E-state index contributed by atoms with van der Waals surface area (Å²) in [6.07, 6.45) is -10.6. The number of hydrogen-bond donors (Lipinski definition) is 1. The molecule has 2 aliphatic rings. The van der Waals surface area contributed by atoms with E-state index in [9.17, 15) is 50.3 Å². The lowest BCUT2D eigenvalue weighted by Crippen LogP contribution is -2.54. The molecule has 0 aliphatic carbocycles. The van der Waals surface area contributed by atoms with Gasteiger partial charge in [0.05, 0.1) is 42.2 Å². The molecule has 65 heavy (non-hydrogen) atoms. The maximum absolute atomic E-state index is 13.9. The third-order valence-electron chi connectivity index (χ3n) is 10.6. The van der Waals surface area contributed by atoms with Gasteiger partial charge in [0.2, 0.25) is 5.60 Å². The molecule has 2 amide bonds. The number of alkyl halides is 6. The third kappa shape index (κ3) is 10.1. The lowest BCUT2D eigenvalue weighted by Gasteiger charge is -2.41. The van der Waals surface area contributed by atoms with E-state index in [1.807, 2.05) is 6.07 Å². The molecule has 2 atom stereocenters. The number of amides is 2. The van der Waals surface area contributed by atoms with Gasteiger partial charge in [-0.05, 0) is 43.7 Å². The molecule has 2 heterocycles. The van der Waals surface area contributed by atoms with E-state index in [2.05, 4.69) is 14.8 Å². The third-order valence-corrected chi connectivity index (χ3v) is 10.6. The quantitative estimate of drug-likeness (QED) is 0.0864. The van der Waals surface area contributed by atoms with Gasteiger partial charge in [0, 0.05) is 36.2 Å². The number of carbonyl (C=O) groups excluding carboxylic acids is 5. The number of ketones is 1. The second kappa shape index (κ2) is 18.8. The Morgan fingerprint density at radius 2 is 1.15 bits per heavy atom.